The van der Waals surface area contributed by atoms with Gasteiger partial charge in [0.05, 0.1) is 16.8 Å². The van der Waals surface area contributed by atoms with Crippen molar-refractivity contribution >= 4 is 40.1 Å². The lowest BCUT2D eigenvalue weighted by Crippen LogP contribution is -2.30. The van der Waals surface area contributed by atoms with Gasteiger partial charge in [-0.1, -0.05) is 23.7 Å². The molecule has 1 heterocycles. The van der Waals surface area contributed by atoms with Gasteiger partial charge in [0, 0.05) is 5.39 Å². The lowest BCUT2D eigenvalue weighted by Gasteiger charge is -2.14. The Bertz CT molecular complexity index is 993. The minimum Gasteiger partial charge on any atom is -0.449 e. The van der Waals surface area contributed by atoms with Crippen LogP contribution < -0.4 is 5.32 Å². The van der Waals surface area contributed by atoms with E-state index in [0.29, 0.717) is 16.1 Å². The number of halogens is 2. The lowest BCUT2D eigenvalue weighted by molar-refractivity contribution is -0.123. The lowest BCUT2D eigenvalue weighted by atomic mass is 10.1. The number of pyridine rings is 1. The molecule has 0 aliphatic rings. The van der Waals surface area contributed by atoms with Gasteiger partial charge in [0.15, 0.2) is 6.10 Å². The van der Waals surface area contributed by atoms with E-state index < -0.39 is 23.8 Å². The Balaban J connectivity index is 1.69. The van der Waals surface area contributed by atoms with Crippen LogP contribution in [0.25, 0.3) is 10.9 Å². The molecule has 0 spiro atoms. The van der Waals surface area contributed by atoms with Gasteiger partial charge < -0.3 is 10.1 Å². The standard InChI is InChI=1S/C19H14ClFN2O3/c1-11(18(24)23-16-5-3-2-4-14(16)21)26-19(25)13-6-8-15-12(10-13)7-9-17(20)22-15/h2-11H,1H3,(H,23,24). The predicted octanol–water partition coefficient (Wildman–Crippen LogP) is 4.21. The molecule has 1 amide bonds. The molecule has 0 saturated heterocycles. The molecule has 0 radical (unpaired) electrons. The number of carbonyl (C=O) groups is 2. The van der Waals surface area contributed by atoms with Gasteiger partial charge in [-0.05, 0) is 49.4 Å². The highest BCUT2D eigenvalue weighted by Crippen LogP contribution is 2.18. The van der Waals surface area contributed by atoms with Crippen LogP contribution in [0.15, 0.2) is 54.6 Å². The van der Waals surface area contributed by atoms with Crippen molar-refractivity contribution in [1.29, 1.82) is 0 Å². The number of anilines is 1. The number of hydrogen-bond acceptors (Lipinski definition) is 4. The number of amides is 1. The summed E-state index contributed by atoms with van der Waals surface area (Å²) in [4.78, 5) is 28.5. The van der Waals surface area contributed by atoms with Crippen LogP contribution in [0.3, 0.4) is 0 Å². The molecule has 0 bridgehead atoms. The molecule has 1 aromatic heterocycles. The first-order valence-corrected chi connectivity index (χ1v) is 8.14. The number of aromatic nitrogens is 1. The molecule has 1 N–H and O–H groups in total. The maximum absolute atomic E-state index is 13.6. The van der Waals surface area contributed by atoms with Crippen molar-refractivity contribution < 1.29 is 18.7 Å². The first-order valence-electron chi connectivity index (χ1n) is 7.77. The molecule has 5 nitrogen and oxygen atoms in total. The first kappa shape index (κ1) is 17.8. The van der Waals surface area contributed by atoms with Crippen LogP contribution in [0.5, 0.6) is 0 Å². The summed E-state index contributed by atoms with van der Waals surface area (Å²) in [6.07, 6.45) is -1.10. The maximum Gasteiger partial charge on any atom is 0.338 e. The van der Waals surface area contributed by atoms with Gasteiger partial charge in [-0.25, -0.2) is 14.2 Å². The van der Waals surface area contributed by atoms with E-state index in [-0.39, 0.29) is 11.3 Å². The van der Waals surface area contributed by atoms with Crippen LogP contribution in [0.1, 0.15) is 17.3 Å². The van der Waals surface area contributed by atoms with E-state index in [1.54, 1.807) is 30.3 Å². The van der Waals surface area contributed by atoms with Crippen LogP contribution in [-0.2, 0) is 9.53 Å². The second-order valence-electron chi connectivity index (χ2n) is 5.56. The Morgan fingerprint density at radius 1 is 1.15 bits per heavy atom. The highest BCUT2D eigenvalue weighted by molar-refractivity contribution is 6.29. The quantitative estimate of drug-likeness (QED) is 0.550. The second-order valence-corrected chi connectivity index (χ2v) is 5.95. The number of ether oxygens (including phenoxy) is 1. The minimum absolute atomic E-state index is 0.0223. The molecule has 0 saturated carbocycles. The summed E-state index contributed by atoms with van der Waals surface area (Å²) < 4.78 is 18.7. The SMILES string of the molecule is CC(OC(=O)c1ccc2nc(Cl)ccc2c1)C(=O)Nc1ccccc1F. The Morgan fingerprint density at radius 2 is 1.92 bits per heavy atom. The summed E-state index contributed by atoms with van der Waals surface area (Å²) >= 11 is 5.83. The molecule has 2 aromatic carbocycles. The largest absolute Gasteiger partial charge is 0.449 e. The highest BCUT2D eigenvalue weighted by Gasteiger charge is 2.20. The molecule has 0 aliphatic carbocycles. The molecule has 3 aromatic rings. The van der Waals surface area contributed by atoms with Gasteiger partial charge >= 0.3 is 5.97 Å². The fourth-order valence-corrected chi connectivity index (χ4v) is 2.46. The molecule has 0 aliphatic heterocycles. The Kier molecular flexibility index (Phi) is 5.14. The second kappa shape index (κ2) is 7.49. The number of nitrogens with one attached hydrogen (secondary N) is 1. The zero-order valence-corrected chi connectivity index (χ0v) is 14.5. The molecular formula is C19H14ClFN2O3. The van der Waals surface area contributed by atoms with E-state index in [1.165, 1.54) is 31.2 Å². The number of benzene rings is 2. The number of nitrogens with zero attached hydrogens (tertiary/aromatic N) is 1. The molecule has 0 fully saturated rings. The number of para-hydroxylation sites is 1. The fraction of sp³-hybridized carbons (Fsp3) is 0.105. The van der Waals surface area contributed by atoms with Crippen molar-refractivity contribution in [2.75, 3.05) is 5.32 Å². The van der Waals surface area contributed by atoms with Crippen molar-refractivity contribution in [2.45, 2.75) is 13.0 Å². The van der Waals surface area contributed by atoms with Gasteiger partial charge in [-0.2, -0.15) is 0 Å². The molecule has 7 heteroatoms. The summed E-state index contributed by atoms with van der Waals surface area (Å²) in [5, 5.41) is 3.45. The normalized spacial score (nSPS) is 11.8. The monoisotopic (exact) mass is 372 g/mol. The zero-order valence-electron chi connectivity index (χ0n) is 13.7. The molecule has 3 rings (SSSR count). The topological polar surface area (TPSA) is 68.3 Å². The van der Waals surface area contributed by atoms with Gasteiger partial charge in [0.2, 0.25) is 0 Å². The fourth-order valence-electron chi connectivity index (χ4n) is 2.31. The molecule has 1 atom stereocenters. The Hall–Kier alpha value is -2.99. The van der Waals surface area contributed by atoms with Crippen molar-refractivity contribution in [3.63, 3.8) is 0 Å². The molecule has 132 valence electrons. The minimum atomic E-state index is -1.10. The zero-order chi connectivity index (χ0) is 18.7. The van der Waals surface area contributed by atoms with E-state index in [9.17, 15) is 14.0 Å². The third kappa shape index (κ3) is 3.97. The van der Waals surface area contributed by atoms with Gasteiger partial charge in [0.25, 0.3) is 5.91 Å². The number of esters is 1. The average Bonchev–Trinajstić information content (AvgIpc) is 2.63. The van der Waals surface area contributed by atoms with Gasteiger partial charge in [-0.3, -0.25) is 4.79 Å². The van der Waals surface area contributed by atoms with Crippen molar-refractivity contribution in [2.24, 2.45) is 0 Å². The molecular weight excluding hydrogens is 359 g/mol. The van der Waals surface area contributed by atoms with Crippen molar-refractivity contribution in [1.82, 2.24) is 4.98 Å². The van der Waals surface area contributed by atoms with Crippen molar-refractivity contribution in [3.05, 3.63) is 71.1 Å². The summed E-state index contributed by atoms with van der Waals surface area (Å²) in [6.45, 7) is 1.41. The maximum atomic E-state index is 13.6. The van der Waals surface area contributed by atoms with E-state index in [0.717, 1.165) is 0 Å². The van der Waals surface area contributed by atoms with Gasteiger partial charge in [0.1, 0.15) is 11.0 Å². The Labute approximate surface area is 153 Å². The van der Waals surface area contributed by atoms with Crippen LogP contribution in [0.4, 0.5) is 10.1 Å². The molecule has 26 heavy (non-hydrogen) atoms. The summed E-state index contributed by atoms with van der Waals surface area (Å²) in [5.74, 6) is -1.87. The van der Waals surface area contributed by atoms with Crippen LogP contribution in [-0.4, -0.2) is 23.0 Å². The summed E-state index contributed by atoms with van der Waals surface area (Å²) in [6, 6.07) is 13.9. The summed E-state index contributed by atoms with van der Waals surface area (Å²) in [7, 11) is 0. The van der Waals surface area contributed by atoms with Crippen LogP contribution in [0.2, 0.25) is 5.15 Å². The number of rotatable bonds is 4. The number of hydrogen-bond donors (Lipinski definition) is 1. The van der Waals surface area contributed by atoms with E-state index >= 15 is 0 Å². The van der Waals surface area contributed by atoms with Crippen molar-refractivity contribution in [3.8, 4) is 0 Å². The van der Waals surface area contributed by atoms with Crippen LogP contribution >= 0.6 is 11.6 Å². The Morgan fingerprint density at radius 3 is 2.69 bits per heavy atom. The predicted molar refractivity (Wildman–Crippen MR) is 96.7 cm³/mol. The first-order chi connectivity index (χ1) is 12.4. The number of fused-ring (bicyclic) bond motifs is 1. The van der Waals surface area contributed by atoms with E-state index in [4.69, 9.17) is 16.3 Å². The third-order valence-electron chi connectivity index (χ3n) is 3.68. The average molecular weight is 373 g/mol. The molecule has 1 unspecified atom stereocenters. The van der Waals surface area contributed by atoms with Crippen LogP contribution in [0, 0.1) is 5.82 Å². The third-order valence-corrected chi connectivity index (χ3v) is 3.89. The highest BCUT2D eigenvalue weighted by atomic mass is 35.5. The number of carbonyl (C=O) groups excluding carboxylic acids is 2. The van der Waals surface area contributed by atoms with E-state index in [1.807, 2.05) is 0 Å². The van der Waals surface area contributed by atoms with E-state index in [2.05, 4.69) is 10.3 Å². The smallest absolute Gasteiger partial charge is 0.338 e. The van der Waals surface area contributed by atoms with Gasteiger partial charge in [-0.15, -0.1) is 0 Å². The summed E-state index contributed by atoms with van der Waals surface area (Å²) in [5.41, 5.74) is 0.931.